The first-order chi connectivity index (χ1) is 19.4. The van der Waals surface area contributed by atoms with Crippen LogP contribution < -0.4 is 20.3 Å². The molecule has 204 valence electrons. The summed E-state index contributed by atoms with van der Waals surface area (Å²) in [5, 5.41) is 16.8. The van der Waals surface area contributed by atoms with E-state index in [1.807, 2.05) is 35.2 Å². The molecule has 0 radical (unpaired) electrons. The summed E-state index contributed by atoms with van der Waals surface area (Å²) in [5.41, 5.74) is 1.48. The zero-order valence-electron chi connectivity index (χ0n) is 21.7. The molecule has 0 aliphatic carbocycles. The number of anilines is 3. The van der Waals surface area contributed by atoms with Gasteiger partial charge in [0, 0.05) is 25.3 Å². The van der Waals surface area contributed by atoms with Crippen LogP contribution in [-0.2, 0) is 0 Å². The second kappa shape index (κ2) is 10.6. The minimum Gasteiger partial charge on any atom is -0.437 e. The summed E-state index contributed by atoms with van der Waals surface area (Å²) in [4.78, 5) is 44.7. The van der Waals surface area contributed by atoms with Gasteiger partial charge >= 0.3 is 6.03 Å². The molecule has 3 N–H and O–H groups in total. The Morgan fingerprint density at radius 3 is 2.90 bits per heavy atom. The molecule has 2 aliphatic heterocycles. The van der Waals surface area contributed by atoms with Gasteiger partial charge < -0.3 is 20.5 Å². The Morgan fingerprint density at radius 2 is 2.12 bits per heavy atom. The van der Waals surface area contributed by atoms with Crippen LogP contribution in [0.15, 0.2) is 61.4 Å². The van der Waals surface area contributed by atoms with E-state index in [9.17, 15) is 14.7 Å². The van der Waals surface area contributed by atoms with Gasteiger partial charge in [0.1, 0.15) is 21.7 Å². The normalized spacial score (nSPS) is 17.8. The number of ether oxygens (including phenoxy) is 1. The lowest BCUT2D eigenvalue weighted by molar-refractivity contribution is 0.0186. The fraction of sp³-hybridized carbons (Fsp3) is 0.250. The number of thiophene rings is 1. The van der Waals surface area contributed by atoms with E-state index in [2.05, 4.69) is 32.2 Å². The predicted molar refractivity (Wildman–Crippen MR) is 152 cm³/mol. The van der Waals surface area contributed by atoms with Crippen molar-refractivity contribution in [2.75, 3.05) is 23.3 Å². The van der Waals surface area contributed by atoms with Crippen molar-refractivity contribution < 1.29 is 19.4 Å². The number of hydrogen-bond donors (Lipinski definition) is 3. The molecule has 3 aromatic heterocycles. The van der Waals surface area contributed by atoms with Gasteiger partial charge in [-0.25, -0.2) is 24.6 Å². The number of hydrogen-bond acceptors (Lipinski definition) is 9. The van der Waals surface area contributed by atoms with Crippen LogP contribution in [0.3, 0.4) is 0 Å². The van der Waals surface area contributed by atoms with E-state index in [1.54, 1.807) is 19.2 Å². The molecule has 0 bridgehead atoms. The third-order valence-corrected chi connectivity index (χ3v) is 8.00. The summed E-state index contributed by atoms with van der Waals surface area (Å²) < 4.78 is 5.79. The van der Waals surface area contributed by atoms with Gasteiger partial charge in [-0.2, -0.15) is 0 Å². The summed E-state index contributed by atoms with van der Waals surface area (Å²) >= 11 is 1.22. The number of urea groups is 1. The van der Waals surface area contributed by atoms with E-state index < -0.39 is 12.3 Å². The van der Waals surface area contributed by atoms with Gasteiger partial charge in [0.2, 0.25) is 5.88 Å². The second-order valence-corrected chi connectivity index (χ2v) is 10.6. The molecule has 4 aromatic rings. The van der Waals surface area contributed by atoms with Crippen LogP contribution in [0.4, 0.5) is 22.0 Å². The first-order valence-electron chi connectivity index (χ1n) is 12.9. The lowest BCUT2D eigenvalue weighted by Crippen LogP contribution is -2.50. The molecule has 0 spiro atoms. The number of nitrogens with zero attached hydrogens (tertiary/aromatic N) is 5. The summed E-state index contributed by atoms with van der Waals surface area (Å²) in [5.74, 6) is 0.983. The zero-order chi connectivity index (χ0) is 27.8. The van der Waals surface area contributed by atoms with Crippen LogP contribution in [0.25, 0.3) is 10.2 Å². The number of pyridine rings is 1. The fourth-order valence-electron chi connectivity index (χ4n) is 5.05. The molecule has 2 atom stereocenters. The lowest BCUT2D eigenvalue weighted by Gasteiger charge is -2.35. The summed E-state index contributed by atoms with van der Waals surface area (Å²) in [7, 11) is 0. The standard InChI is InChI=1S/C28H27N7O4S/c1-3-21(36)34-13-7-8-17(15-34)32-26(37)24-23-22-19(11-12-29-27(22)40-24)35(28(38)33-23)25-16(2)31-20(14-30-25)39-18-9-5-4-6-10-18/h3-6,9-12,14,17,21,36H,1,7-8,13,15H2,2H3,(H,32,37)(H,33,38)/t17-,21?/m1/s1. The third-order valence-electron chi connectivity index (χ3n) is 6.90. The van der Waals surface area contributed by atoms with Gasteiger partial charge in [-0.1, -0.05) is 24.8 Å². The monoisotopic (exact) mass is 557 g/mol. The number of likely N-dealkylation sites (tertiary alicyclic amines) is 1. The zero-order valence-corrected chi connectivity index (χ0v) is 22.5. The Kier molecular flexibility index (Phi) is 6.88. The highest BCUT2D eigenvalue weighted by Gasteiger charge is 2.35. The Hall–Kier alpha value is -4.39. The van der Waals surface area contributed by atoms with E-state index in [4.69, 9.17) is 4.74 Å². The maximum absolute atomic E-state index is 13.5. The highest BCUT2D eigenvalue weighted by atomic mass is 32.1. The molecular formula is C28H27N7O4S. The fourth-order valence-corrected chi connectivity index (χ4v) is 6.07. The number of aliphatic hydroxyl groups excluding tert-OH is 1. The Bertz CT molecular complexity index is 1610. The SMILES string of the molecule is C=CC(O)N1CCC[C@@H](NC(=O)c2sc3nccc4c3c2NC(=O)N4c2ncc(Oc3ccccc3)nc2C)C1. The van der Waals surface area contributed by atoms with E-state index in [0.29, 0.717) is 56.2 Å². The van der Waals surface area contributed by atoms with Gasteiger partial charge in [-0.05, 0) is 44.0 Å². The highest BCUT2D eigenvalue weighted by Crippen LogP contribution is 2.45. The number of benzene rings is 1. The van der Waals surface area contributed by atoms with Crippen molar-refractivity contribution in [2.24, 2.45) is 0 Å². The molecule has 1 unspecified atom stereocenters. The molecule has 5 heterocycles. The average Bonchev–Trinajstić information content (AvgIpc) is 3.33. The maximum atomic E-state index is 13.5. The second-order valence-electron chi connectivity index (χ2n) is 9.57. The van der Waals surface area contributed by atoms with Crippen molar-refractivity contribution in [3.05, 3.63) is 72.0 Å². The van der Waals surface area contributed by atoms with Crippen LogP contribution >= 0.6 is 11.3 Å². The Labute approximate surface area is 234 Å². The quantitative estimate of drug-likeness (QED) is 0.282. The predicted octanol–water partition coefficient (Wildman–Crippen LogP) is 4.57. The van der Waals surface area contributed by atoms with Crippen LogP contribution in [0.2, 0.25) is 0 Å². The van der Waals surface area contributed by atoms with Crippen LogP contribution in [0, 0.1) is 6.92 Å². The van der Waals surface area contributed by atoms with Gasteiger partial charge in [0.05, 0.1) is 28.7 Å². The number of carbonyl (C=O) groups excluding carboxylic acids is 2. The molecule has 1 saturated heterocycles. The van der Waals surface area contributed by atoms with Crippen molar-refractivity contribution in [3.63, 3.8) is 0 Å². The van der Waals surface area contributed by atoms with Crippen molar-refractivity contribution in [2.45, 2.75) is 32.0 Å². The molecule has 40 heavy (non-hydrogen) atoms. The number of amides is 3. The molecule has 1 fully saturated rings. The summed E-state index contributed by atoms with van der Waals surface area (Å²) in [6.07, 6.45) is 5.42. The topological polar surface area (TPSA) is 133 Å². The van der Waals surface area contributed by atoms with E-state index in [1.165, 1.54) is 28.5 Å². The van der Waals surface area contributed by atoms with E-state index in [-0.39, 0.29) is 11.9 Å². The van der Waals surface area contributed by atoms with E-state index in [0.717, 1.165) is 19.4 Å². The van der Waals surface area contributed by atoms with Crippen LogP contribution in [0.1, 0.15) is 28.2 Å². The third kappa shape index (κ3) is 4.76. The largest absolute Gasteiger partial charge is 0.437 e. The lowest BCUT2D eigenvalue weighted by atomic mass is 10.0. The van der Waals surface area contributed by atoms with E-state index >= 15 is 0 Å². The Balaban J connectivity index is 1.29. The number of rotatable bonds is 7. The van der Waals surface area contributed by atoms with Crippen molar-refractivity contribution in [1.29, 1.82) is 0 Å². The smallest absolute Gasteiger partial charge is 0.332 e. The molecule has 2 aliphatic rings. The average molecular weight is 558 g/mol. The van der Waals surface area contributed by atoms with Gasteiger partial charge in [-0.3, -0.25) is 9.69 Å². The number of aromatic nitrogens is 3. The number of para-hydroxylation sites is 1. The molecular weight excluding hydrogens is 530 g/mol. The van der Waals surface area contributed by atoms with Crippen molar-refractivity contribution >= 4 is 50.7 Å². The molecule has 11 nitrogen and oxygen atoms in total. The molecule has 6 rings (SSSR count). The number of aryl methyl sites for hydroxylation is 1. The minimum absolute atomic E-state index is 0.147. The number of nitrogens with one attached hydrogen (secondary N) is 2. The number of piperidine rings is 1. The van der Waals surface area contributed by atoms with Gasteiger partial charge in [0.25, 0.3) is 5.91 Å². The summed E-state index contributed by atoms with van der Waals surface area (Å²) in [6.45, 7) is 6.64. The first kappa shape index (κ1) is 25.9. The molecule has 0 saturated carbocycles. The van der Waals surface area contributed by atoms with Crippen LogP contribution in [-0.4, -0.2) is 62.3 Å². The number of carbonyl (C=O) groups is 2. The van der Waals surface area contributed by atoms with Crippen molar-refractivity contribution in [1.82, 2.24) is 25.2 Å². The first-order valence-corrected chi connectivity index (χ1v) is 13.7. The maximum Gasteiger partial charge on any atom is 0.332 e. The Morgan fingerprint density at radius 1 is 1.30 bits per heavy atom. The molecule has 1 aromatic carbocycles. The highest BCUT2D eigenvalue weighted by molar-refractivity contribution is 7.21. The molecule has 3 amide bonds. The van der Waals surface area contributed by atoms with Gasteiger partial charge in [-0.15, -0.1) is 11.3 Å². The summed E-state index contributed by atoms with van der Waals surface area (Å²) in [6, 6.07) is 10.4. The van der Waals surface area contributed by atoms with Crippen LogP contribution in [0.5, 0.6) is 11.6 Å². The van der Waals surface area contributed by atoms with Gasteiger partial charge in [0.15, 0.2) is 5.82 Å². The molecule has 12 heteroatoms. The minimum atomic E-state index is -0.757. The number of aliphatic hydroxyl groups is 1. The van der Waals surface area contributed by atoms with Crippen molar-refractivity contribution in [3.8, 4) is 11.6 Å².